The summed E-state index contributed by atoms with van der Waals surface area (Å²) in [6, 6.07) is 45.9. The molecule has 6 aromatic carbocycles. The fraction of sp³-hybridized carbons (Fsp3) is 0.200. The van der Waals surface area contributed by atoms with E-state index in [9.17, 15) is 5.26 Å². The smallest absolute Gasteiger partial charge is 0.167 e. The van der Waals surface area contributed by atoms with Crippen molar-refractivity contribution in [1.29, 1.82) is 5.26 Å². The average Bonchev–Trinajstić information content (AvgIpc) is 3.82. The number of para-hydroxylation sites is 4. The first-order valence-corrected chi connectivity index (χ1v) is 19.8. The van der Waals surface area contributed by atoms with Gasteiger partial charge in [-0.05, 0) is 127 Å². The monoisotopic (exact) mass is 724 g/mol. The van der Waals surface area contributed by atoms with Gasteiger partial charge in [-0.2, -0.15) is 5.26 Å². The van der Waals surface area contributed by atoms with Crippen LogP contribution in [0.1, 0.15) is 49.7 Å². The van der Waals surface area contributed by atoms with Crippen molar-refractivity contribution in [3.05, 3.63) is 139 Å². The van der Waals surface area contributed by atoms with Gasteiger partial charge in [-0.3, -0.25) is 0 Å². The van der Waals surface area contributed by atoms with Gasteiger partial charge in [0.25, 0.3) is 0 Å². The van der Waals surface area contributed by atoms with Crippen molar-refractivity contribution in [2.45, 2.75) is 43.9 Å². The minimum absolute atomic E-state index is 0.143. The lowest BCUT2D eigenvalue weighted by Gasteiger charge is -2.57. The van der Waals surface area contributed by atoms with Crippen LogP contribution in [0, 0.1) is 29.1 Å². The van der Waals surface area contributed by atoms with Gasteiger partial charge in [-0.1, -0.05) is 78.9 Å². The van der Waals surface area contributed by atoms with Crippen LogP contribution in [0.3, 0.4) is 0 Å². The fourth-order valence-corrected chi connectivity index (χ4v) is 11.0. The van der Waals surface area contributed by atoms with Gasteiger partial charge in [-0.25, -0.2) is 15.0 Å². The number of furan rings is 2. The molecule has 9 aromatic rings. The largest absolute Gasteiger partial charge is 0.455 e. The zero-order valence-corrected chi connectivity index (χ0v) is 30.7. The number of aromatic nitrogens is 3. The Kier molecular flexibility index (Phi) is 6.78. The molecule has 0 amide bonds. The Bertz CT molecular complexity index is 2920. The lowest BCUT2D eigenvalue weighted by atomic mass is 9.48. The van der Waals surface area contributed by atoms with E-state index >= 15 is 0 Å². The summed E-state index contributed by atoms with van der Waals surface area (Å²) in [6.07, 6.45) is 7.86. The molecule has 4 bridgehead atoms. The molecule has 0 radical (unpaired) electrons. The summed E-state index contributed by atoms with van der Waals surface area (Å²) >= 11 is 0. The van der Waals surface area contributed by atoms with E-state index in [4.69, 9.17) is 23.8 Å². The molecule has 0 N–H and O–H groups in total. The van der Waals surface area contributed by atoms with Crippen LogP contribution < -0.4 is 0 Å². The van der Waals surface area contributed by atoms with E-state index in [-0.39, 0.29) is 5.41 Å². The summed E-state index contributed by atoms with van der Waals surface area (Å²) in [4.78, 5) is 15.9. The van der Waals surface area contributed by atoms with Gasteiger partial charge >= 0.3 is 0 Å². The van der Waals surface area contributed by atoms with Crippen LogP contribution in [-0.2, 0) is 5.41 Å². The first-order valence-electron chi connectivity index (χ1n) is 19.8. The summed E-state index contributed by atoms with van der Waals surface area (Å²) in [7, 11) is 0. The number of hydrogen-bond acceptors (Lipinski definition) is 6. The first kappa shape index (κ1) is 31.7. The molecule has 13 rings (SSSR count). The van der Waals surface area contributed by atoms with Crippen molar-refractivity contribution in [2.75, 3.05) is 0 Å². The highest BCUT2D eigenvalue weighted by Crippen LogP contribution is 2.61. The highest BCUT2D eigenvalue weighted by molar-refractivity contribution is 6.10. The Hall–Kier alpha value is -6.58. The molecule has 0 spiro atoms. The van der Waals surface area contributed by atoms with Gasteiger partial charge in [0.15, 0.2) is 17.5 Å². The number of fused-ring (bicyclic) bond motifs is 6. The third-order valence-electron chi connectivity index (χ3n) is 13.1. The molecule has 6 heteroatoms. The molecule has 268 valence electrons. The molecule has 56 heavy (non-hydrogen) atoms. The molecule has 3 heterocycles. The second-order valence-electron chi connectivity index (χ2n) is 16.6. The van der Waals surface area contributed by atoms with Gasteiger partial charge in [0.2, 0.25) is 0 Å². The van der Waals surface area contributed by atoms with Crippen molar-refractivity contribution < 1.29 is 8.83 Å². The molecule has 0 saturated heterocycles. The van der Waals surface area contributed by atoms with Crippen LogP contribution in [0.2, 0.25) is 0 Å². The number of hydrogen-bond donors (Lipinski definition) is 0. The van der Waals surface area contributed by atoms with Gasteiger partial charge in [0.05, 0.1) is 22.8 Å². The van der Waals surface area contributed by atoms with E-state index in [1.54, 1.807) is 0 Å². The Morgan fingerprint density at radius 3 is 1.55 bits per heavy atom. The number of nitrogens with zero attached hydrogens (tertiary/aromatic N) is 4. The zero-order chi connectivity index (χ0) is 37.0. The maximum atomic E-state index is 9.60. The highest BCUT2D eigenvalue weighted by atomic mass is 16.3. The summed E-state index contributed by atoms with van der Waals surface area (Å²) in [5.41, 5.74) is 10.1. The molecule has 4 saturated carbocycles. The third kappa shape index (κ3) is 4.90. The van der Waals surface area contributed by atoms with E-state index in [2.05, 4.69) is 72.8 Å². The zero-order valence-electron chi connectivity index (χ0n) is 30.7. The Labute approximate surface area is 323 Å². The maximum Gasteiger partial charge on any atom is 0.167 e. The minimum Gasteiger partial charge on any atom is -0.455 e. The van der Waals surface area contributed by atoms with Crippen molar-refractivity contribution in [1.82, 2.24) is 15.0 Å². The topological polar surface area (TPSA) is 88.7 Å². The van der Waals surface area contributed by atoms with Crippen molar-refractivity contribution >= 4 is 43.9 Å². The van der Waals surface area contributed by atoms with Crippen molar-refractivity contribution in [3.63, 3.8) is 0 Å². The molecule has 4 fully saturated rings. The molecule has 0 atom stereocenters. The maximum absolute atomic E-state index is 9.60. The summed E-state index contributed by atoms with van der Waals surface area (Å²) in [6.45, 7) is 0. The van der Waals surface area contributed by atoms with E-state index in [1.165, 1.54) is 44.1 Å². The quantitative estimate of drug-likeness (QED) is 0.176. The molecular weight excluding hydrogens is 689 g/mol. The molecule has 0 unspecified atom stereocenters. The van der Waals surface area contributed by atoms with Crippen LogP contribution >= 0.6 is 0 Å². The van der Waals surface area contributed by atoms with Crippen LogP contribution in [0.5, 0.6) is 0 Å². The third-order valence-corrected chi connectivity index (χ3v) is 13.1. The van der Waals surface area contributed by atoms with Crippen molar-refractivity contribution in [2.24, 2.45) is 17.8 Å². The van der Waals surface area contributed by atoms with Crippen LogP contribution in [0.15, 0.2) is 136 Å². The molecular formula is C50H36N4O2. The van der Waals surface area contributed by atoms with Crippen LogP contribution in [0.4, 0.5) is 0 Å². The second-order valence-corrected chi connectivity index (χ2v) is 16.6. The number of benzene rings is 6. The minimum atomic E-state index is 0.143. The fourth-order valence-electron chi connectivity index (χ4n) is 11.0. The van der Waals surface area contributed by atoms with E-state index in [0.29, 0.717) is 23.0 Å². The molecule has 0 aliphatic heterocycles. The Balaban J connectivity index is 1.12. The Morgan fingerprint density at radius 1 is 0.500 bits per heavy atom. The van der Waals surface area contributed by atoms with E-state index in [1.807, 2.05) is 60.7 Å². The summed E-state index contributed by atoms with van der Waals surface area (Å²) < 4.78 is 13.1. The highest BCUT2D eigenvalue weighted by Gasteiger charge is 2.51. The normalized spacial score (nSPS) is 21.4. The standard InChI is InChI=1S/C50H36N4O2/c51-28-29-15-17-33(18-16-29)34-22-35(24-36(23-34)50-25-30-19-31(26-50)21-32(20-30)27-50)47-52-48(41-11-5-9-39-37-7-1-3-13-43(37)55-45(39)41)54-49(53-47)42-12-6-10-40-38-8-2-4-14-44(38)56-46(40)42/h1-18,22-24,30-32H,19-21,25-27H2/t30-,31+,32?,50?. The average molecular weight is 725 g/mol. The predicted molar refractivity (Wildman–Crippen MR) is 221 cm³/mol. The molecule has 4 aliphatic carbocycles. The summed E-state index contributed by atoms with van der Waals surface area (Å²) in [5, 5.41) is 13.8. The van der Waals surface area contributed by atoms with E-state index in [0.717, 1.165) is 89.4 Å². The number of nitriles is 1. The lowest BCUT2D eigenvalue weighted by Crippen LogP contribution is -2.48. The molecule has 6 nitrogen and oxygen atoms in total. The van der Waals surface area contributed by atoms with Crippen molar-refractivity contribution in [3.8, 4) is 51.4 Å². The molecule has 4 aliphatic rings. The first-order chi connectivity index (χ1) is 27.6. The Morgan fingerprint density at radius 2 is 1.00 bits per heavy atom. The van der Waals surface area contributed by atoms with Gasteiger partial charge in [0, 0.05) is 27.1 Å². The van der Waals surface area contributed by atoms with Crippen LogP contribution in [-0.4, -0.2) is 15.0 Å². The van der Waals surface area contributed by atoms with Gasteiger partial charge < -0.3 is 8.83 Å². The van der Waals surface area contributed by atoms with Crippen LogP contribution in [0.25, 0.3) is 89.2 Å². The molecule has 3 aromatic heterocycles. The number of rotatable bonds is 5. The predicted octanol–water partition coefficient (Wildman–Crippen LogP) is 12.7. The lowest BCUT2D eigenvalue weighted by molar-refractivity contribution is -0.00515. The van der Waals surface area contributed by atoms with Gasteiger partial charge in [0.1, 0.15) is 22.3 Å². The SMILES string of the molecule is N#Cc1ccc(-c2cc(-c3nc(-c4cccc5c4oc4ccccc45)nc(-c4cccc5c4oc4ccccc45)n3)cc(C34CC5C[C@H](C3)C[C@@H](C5)C4)c2)cc1. The second kappa shape index (κ2) is 12.0. The van der Waals surface area contributed by atoms with Gasteiger partial charge in [-0.15, -0.1) is 0 Å². The van der Waals surface area contributed by atoms with E-state index < -0.39 is 0 Å². The summed E-state index contributed by atoms with van der Waals surface area (Å²) in [5.74, 6) is 4.09.